The lowest BCUT2D eigenvalue weighted by Crippen LogP contribution is -2.33. The number of nitrogens with zero attached hydrogens (tertiary/aromatic N) is 5. The molecule has 0 saturated heterocycles. The Morgan fingerprint density at radius 1 is 1.29 bits per heavy atom. The minimum Gasteiger partial charge on any atom is -0.497 e. The number of aromatic nitrogens is 4. The lowest BCUT2D eigenvalue weighted by molar-refractivity contribution is 0.141. The van der Waals surface area contributed by atoms with Gasteiger partial charge in [0.15, 0.2) is 0 Å². The number of aryl methyl sites for hydroxylation is 2. The van der Waals surface area contributed by atoms with E-state index < -0.39 is 11.9 Å². The molecule has 4 aromatic rings. The third-order valence-electron chi connectivity index (χ3n) is 6.18. The Balaban J connectivity index is 1.42. The fourth-order valence-electron chi connectivity index (χ4n) is 4.34. The number of hydrogen-bond acceptors (Lipinski definition) is 6. The minimum atomic E-state index is -0.711. The highest BCUT2D eigenvalue weighted by atomic mass is 19.1. The van der Waals surface area contributed by atoms with Crippen LogP contribution in [-0.4, -0.2) is 48.9 Å². The van der Waals surface area contributed by atoms with Gasteiger partial charge < -0.3 is 24.6 Å². The van der Waals surface area contributed by atoms with Crippen molar-refractivity contribution in [2.24, 2.45) is 7.05 Å². The second kappa shape index (κ2) is 8.88. The first-order valence-corrected chi connectivity index (χ1v) is 11.1. The van der Waals surface area contributed by atoms with Crippen molar-refractivity contribution in [3.8, 4) is 17.0 Å². The average molecular weight is 477 g/mol. The van der Waals surface area contributed by atoms with Crippen LogP contribution in [-0.2, 0) is 13.6 Å². The highest BCUT2D eigenvalue weighted by Crippen LogP contribution is 2.34. The van der Waals surface area contributed by atoms with Crippen molar-refractivity contribution in [2.45, 2.75) is 19.5 Å². The molecule has 0 spiro atoms. The maximum atomic E-state index is 14.1. The first-order chi connectivity index (χ1) is 16.9. The van der Waals surface area contributed by atoms with Gasteiger partial charge in [0.2, 0.25) is 5.95 Å². The summed E-state index contributed by atoms with van der Waals surface area (Å²) >= 11 is 0. The number of hydrogen-bond donors (Lipinski definition) is 2. The van der Waals surface area contributed by atoms with Crippen molar-refractivity contribution in [1.29, 1.82) is 0 Å². The van der Waals surface area contributed by atoms with Crippen LogP contribution < -0.4 is 10.1 Å². The molecule has 180 valence electrons. The van der Waals surface area contributed by atoms with Crippen LogP contribution >= 0.6 is 0 Å². The van der Waals surface area contributed by atoms with Gasteiger partial charge in [-0.3, -0.25) is 4.57 Å². The highest BCUT2D eigenvalue weighted by Gasteiger charge is 2.34. The molecule has 1 aliphatic heterocycles. The van der Waals surface area contributed by atoms with Crippen molar-refractivity contribution < 1.29 is 19.0 Å². The Kier molecular flexibility index (Phi) is 5.73. The summed E-state index contributed by atoms with van der Waals surface area (Å²) in [6.07, 6.45) is 5.40. The fourth-order valence-corrected chi connectivity index (χ4v) is 4.34. The number of carbonyl (C=O) groups is 1. The summed E-state index contributed by atoms with van der Waals surface area (Å²) in [6.45, 7) is 1.83. The first kappa shape index (κ1) is 22.6. The number of ether oxygens (including phenoxy) is 1. The van der Waals surface area contributed by atoms with E-state index in [2.05, 4.69) is 15.3 Å². The number of amides is 1. The van der Waals surface area contributed by atoms with Gasteiger partial charge in [-0.2, -0.15) is 0 Å². The van der Waals surface area contributed by atoms with E-state index in [1.807, 2.05) is 42.9 Å². The molecule has 0 radical (unpaired) electrons. The number of aliphatic hydroxyl groups is 1. The molecule has 5 rings (SSSR count). The van der Waals surface area contributed by atoms with E-state index in [0.717, 1.165) is 22.6 Å². The second-order valence-corrected chi connectivity index (χ2v) is 8.48. The second-order valence-electron chi connectivity index (χ2n) is 8.48. The molecule has 10 heteroatoms. The van der Waals surface area contributed by atoms with Crippen molar-refractivity contribution in [3.63, 3.8) is 0 Å². The zero-order chi connectivity index (χ0) is 24.7. The maximum Gasteiger partial charge on any atom is 0.329 e. The number of carbonyl (C=O) groups excluding carboxylic acids is 1. The van der Waals surface area contributed by atoms with Crippen LogP contribution in [0.25, 0.3) is 11.3 Å². The fraction of sp³-hybridized carbons (Fsp3) is 0.240. The van der Waals surface area contributed by atoms with Gasteiger partial charge in [-0.05, 0) is 48.4 Å². The van der Waals surface area contributed by atoms with E-state index in [0.29, 0.717) is 23.0 Å². The predicted molar refractivity (Wildman–Crippen MR) is 128 cm³/mol. The molecular weight excluding hydrogens is 451 g/mol. The lowest BCUT2D eigenvalue weighted by Gasteiger charge is -2.26. The number of fused-ring (bicyclic) bond motifs is 1. The van der Waals surface area contributed by atoms with E-state index >= 15 is 0 Å². The summed E-state index contributed by atoms with van der Waals surface area (Å²) in [6, 6.07) is 8.93. The minimum absolute atomic E-state index is 0.265. The van der Waals surface area contributed by atoms with Crippen molar-refractivity contribution in [3.05, 3.63) is 77.6 Å². The molecule has 0 unspecified atom stereocenters. The summed E-state index contributed by atoms with van der Waals surface area (Å²) in [5.41, 5.74) is 3.59. The van der Waals surface area contributed by atoms with E-state index in [9.17, 15) is 14.3 Å². The van der Waals surface area contributed by atoms with Gasteiger partial charge in [-0.15, -0.1) is 0 Å². The Morgan fingerprint density at radius 3 is 2.80 bits per heavy atom. The molecule has 0 aliphatic carbocycles. The van der Waals surface area contributed by atoms with Gasteiger partial charge in [0.25, 0.3) is 0 Å². The molecule has 35 heavy (non-hydrogen) atoms. The standard InChI is InChI=1S/C25H25FN6O3/c1-15-11-27-24(28-22-5-4-6-30(22)2)29-23(15)17-8-19-13-32(25(34)31(19)12-17)21(14-33)16-7-18(26)10-20(9-16)35-3/h4-12,21,33H,13-14H2,1-3H3,(H,27,28,29)/t21-/m1/s1. The summed E-state index contributed by atoms with van der Waals surface area (Å²) in [4.78, 5) is 23.8. The molecular formula is C25H25FN6O3. The van der Waals surface area contributed by atoms with E-state index in [1.165, 1.54) is 24.1 Å². The van der Waals surface area contributed by atoms with Crippen LogP contribution in [0.2, 0.25) is 0 Å². The molecule has 1 aromatic carbocycles. The molecule has 1 atom stereocenters. The Hall–Kier alpha value is -4.18. The van der Waals surface area contributed by atoms with Crippen molar-refractivity contribution in [1.82, 2.24) is 24.0 Å². The zero-order valence-electron chi connectivity index (χ0n) is 19.6. The number of anilines is 2. The van der Waals surface area contributed by atoms with Crippen LogP contribution in [0.5, 0.6) is 5.75 Å². The SMILES string of the molecule is COc1cc(F)cc([C@@H](CO)N2Cc3cc(-c4nc(Nc5cccn5C)ncc4C)cn3C2=O)c1. The molecule has 4 heterocycles. The van der Waals surface area contributed by atoms with E-state index in [1.54, 1.807) is 23.0 Å². The quantitative estimate of drug-likeness (QED) is 0.419. The topological polar surface area (TPSA) is 97.4 Å². The number of benzene rings is 1. The van der Waals surface area contributed by atoms with Crippen LogP contribution in [0.1, 0.15) is 22.9 Å². The van der Waals surface area contributed by atoms with Gasteiger partial charge >= 0.3 is 6.03 Å². The highest BCUT2D eigenvalue weighted by molar-refractivity contribution is 5.83. The van der Waals surface area contributed by atoms with Gasteiger partial charge in [0, 0.05) is 43.0 Å². The molecule has 9 nitrogen and oxygen atoms in total. The summed E-state index contributed by atoms with van der Waals surface area (Å²) in [7, 11) is 3.36. The Labute approximate surface area is 201 Å². The molecule has 0 bridgehead atoms. The molecule has 0 saturated carbocycles. The number of rotatable bonds is 7. The van der Waals surface area contributed by atoms with E-state index in [4.69, 9.17) is 4.74 Å². The molecule has 0 fully saturated rings. The Morgan fingerprint density at radius 2 is 2.11 bits per heavy atom. The molecule has 2 N–H and O–H groups in total. The average Bonchev–Trinajstić information content (AvgIpc) is 3.52. The monoisotopic (exact) mass is 476 g/mol. The molecule has 1 aliphatic rings. The summed E-state index contributed by atoms with van der Waals surface area (Å²) < 4.78 is 22.7. The maximum absolute atomic E-state index is 14.1. The van der Waals surface area contributed by atoms with Crippen LogP contribution in [0.4, 0.5) is 21.0 Å². The normalized spacial score (nSPS) is 13.7. The van der Waals surface area contributed by atoms with Gasteiger partial charge in [0.05, 0.1) is 32.0 Å². The third-order valence-corrected chi connectivity index (χ3v) is 6.18. The smallest absolute Gasteiger partial charge is 0.329 e. The van der Waals surface area contributed by atoms with Crippen molar-refractivity contribution in [2.75, 3.05) is 19.0 Å². The summed E-state index contributed by atoms with van der Waals surface area (Å²) in [5.74, 6) is 1.14. The zero-order valence-corrected chi connectivity index (χ0v) is 19.6. The number of nitrogens with one attached hydrogen (secondary N) is 1. The van der Waals surface area contributed by atoms with Crippen LogP contribution in [0, 0.1) is 12.7 Å². The molecule has 3 aromatic heterocycles. The van der Waals surface area contributed by atoms with Gasteiger partial charge in [-0.1, -0.05) is 0 Å². The molecule has 1 amide bonds. The van der Waals surface area contributed by atoms with Crippen LogP contribution in [0.15, 0.2) is 55.0 Å². The van der Waals surface area contributed by atoms with Gasteiger partial charge in [0.1, 0.15) is 17.4 Å². The number of aliphatic hydroxyl groups excluding tert-OH is 1. The first-order valence-electron chi connectivity index (χ1n) is 11.1. The lowest BCUT2D eigenvalue weighted by atomic mass is 10.1. The Bertz CT molecular complexity index is 1410. The van der Waals surface area contributed by atoms with E-state index in [-0.39, 0.29) is 19.2 Å². The number of methoxy groups -OCH3 is 1. The summed E-state index contributed by atoms with van der Waals surface area (Å²) in [5, 5.41) is 13.3. The largest absolute Gasteiger partial charge is 0.497 e. The number of halogens is 1. The van der Waals surface area contributed by atoms with Gasteiger partial charge in [-0.25, -0.2) is 19.2 Å². The third kappa shape index (κ3) is 4.12. The van der Waals surface area contributed by atoms with Crippen molar-refractivity contribution >= 4 is 17.8 Å². The van der Waals surface area contributed by atoms with Crippen LogP contribution in [0.3, 0.4) is 0 Å². The predicted octanol–water partition coefficient (Wildman–Crippen LogP) is 4.00.